The molecule has 0 radical (unpaired) electrons. The van der Waals surface area contributed by atoms with E-state index in [9.17, 15) is 29.1 Å². The van der Waals surface area contributed by atoms with Crippen LogP contribution in [0.25, 0.3) is 10.4 Å². The van der Waals surface area contributed by atoms with Crippen LogP contribution in [-0.2, 0) is 55.3 Å². The molecule has 0 spiro atoms. The number of esters is 1. The second-order valence-corrected chi connectivity index (χ2v) is 35.2. The van der Waals surface area contributed by atoms with Crippen molar-refractivity contribution in [3.05, 3.63) is 74.3 Å². The van der Waals surface area contributed by atoms with Gasteiger partial charge >= 0.3 is 5.97 Å². The number of likely N-dealkylation sites (N-methyl/N-ethyl adjacent to an activating group) is 1. The van der Waals surface area contributed by atoms with Gasteiger partial charge in [-0.05, 0) is 126 Å². The highest BCUT2D eigenvalue weighted by atomic mass is 32.2. The summed E-state index contributed by atoms with van der Waals surface area (Å²) in [6.07, 6.45) is 9.64. The van der Waals surface area contributed by atoms with Crippen LogP contribution in [0.15, 0.2) is 52.3 Å². The minimum Gasteiger partial charge on any atom is -0.508 e. The number of rotatable bonds is 41. The fourth-order valence-electron chi connectivity index (χ4n) is 10.2. The molecule has 4 N–H and O–H groups in total. The number of carbonyl (C=O) groups excluding carboxylic acids is 5. The Balaban J connectivity index is 1.32. The van der Waals surface area contributed by atoms with E-state index in [1.54, 1.807) is 58.7 Å². The average molecular weight is 1270 g/mol. The molecule has 7 atom stereocenters. The van der Waals surface area contributed by atoms with Gasteiger partial charge in [0.1, 0.15) is 17.5 Å². The van der Waals surface area contributed by atoms with Crippen molar-refractivity contribution in [2.24, 2.45) is 22.9 Å². The van der Waals surface area contributed by atoms with E-state index in [0.717, 1.165) is 48.4 Å². The van der Waals surface area contributed by atoms with E-state index in [-0.39, 0.29) is 72.0 Å². The predicted octanol–water partition coefficient (Wildman–Crippen LogP) is 9.79. The number of carbonyl (C=O) groups is 5. The number of ether oxygens (including phenoxy) is 4. The van der Waals surface area contributed by atoms with Crippen molar-refractivity contribution < 1.29 is 52.1 Å². The first kappa shape index (κ1) is 73.4. The number of aromatic hydroxyl groups is 1. The number of azide groups is 1. The van der Waals surface area contributed by atoms with Crippen LogP contribution in [0, 0.1) is 17.8 Å². The van der Waals surface area contributed by atoms with Crippen LogP contribution in [0.2, 0.25) is 32.2 Å². The van der Waals surface area contributed by atoms with Gasteiger partial charge in [-0.1, -0.05) is 90.3 Å². The fraction of sp³-hybridized carbons (Fsp3) is 0.700. The highest BCUT2D eigenvalue weighted by molar-refractivity contribution is 8.00. The van der Waals surface area contributed by atoms with E-state index < -0.39 is 46.6 Å². The molecule has 3 heterocycles. The third kappa shape index (κ3) is 26.8. The normalized spacial score (nSPS) is 16.0. The molecule has 4 rings (SSSR count). The number of nitrogens with zero attached hydrogens (tertiary/aromatic N) is 8. The van der Waals surface area contributed by atoms with Gasteiger partial charge < -0.3 is 49.0 Å². The van der Waals surface area contributed by atoms with Crippen LogP contribution in [0.3, 0.4) is 0 Å². The van der Waals surface area contributed by atoms with Crippen molar-refractivity contribution >= 4 is 69.3 Å². The van der Waals surface area contributed by atoms with E-state index in [4.69, 9.17) is 33.6 Å². The van der Waals surface area contributed by atoms with Gasteiger partial charge in [-0.2, -0.15) is 0 Å². The second-order valence-electron chi connectivity index (χ2n) is 24.2. The number of piperidine rings is 1. The van der Waals surface area contributed by atoms with Crippen molar-refractivity contribution in [3.63, 3.8) is 0 Å². The molecule has 26 heteroatoms. The van der Waals surface area contributed by atoms with Crippen LogP contribution in [0.1, 0.15) is 139 Å². The summed E-state index contributed by atoms with van der Waals surface area (Å²) in [6.45, 7) is 26.4. The molecule has 0 saturated carbocycles. The molecule has 1 unspecified atom stereocenters. The van der Waals surface area contributed by atoms with Gasteiger partial charge in [0.2, 0.25) is 17.7 Å². The highest BCUT2D eigenvalue weighted by Gasteiger charge is 2.39. The third-order valence-corrected chi connectivity index (χ3v) is 26.1. The van der Waals surface area contributed by atoms with Crippen molar-refractivity contribution in [1.29, 1.82) is 0 Å². The Morgan fingerprint density at radius 1 is 0.919 bits per heavy atom. The average Bonchev–Trinajstić information content (AvgIpc) is 3.61. The molecule has 3 aromatic rings. The lowest BCUT2D eigenvalue weighted by molar-refractivity contribution is -0.159. The maximum absolute atomic E-state index is 14.9. The molecular weight excluding hydrogens is 1170 g/mol. The molecule has 2 aromatic heterocycles. The number of benzene rings is 1. The van der Waals surface area contributed by atoms with Crippen LogP contribution < -0.4 is 16.0 Å². The largest absolute Gasteiger partial charge is 0.508 e. The molecule has 0 aliphatic carbocycles. The van der Waals surface area contributed by atoms with Gasteiger partial charge in [0.15, 0.2) is 28.5 Å². The Hall–Kier alpha value is -5.03. The quantitative estimate of drug-likeness (QED) is 0.00473. The molecule has 4 amide bonds. The molecule has 1 aliphatic rings. The van der Waals surface area contributed by atoms with Gasteiger partial charge in [-0.25, -0.2) is 15.0 Å². The van der Waals surface area contributed by atoms with Crippen LogP contribution in [0.4, 0.5) is 0 Å². The van der Waals surface area contributed by atoms with Gasteiger partial charge in [0.25, 0.3) is 5.91 Å². The summed E-state index contributed by atoms with van der Waals surface area (Å²) < 4.78 is 29.2. The first-order valence-electron chi connectivity index (χ1n) is 30.6. The monoisotopic (exact) mass is 1270 g/mol. The van der Waals surface area contributed by atoms with Crippen molar-refractivity contribution in [3.8, 4) is 5.75 Å². The zero-order valence-corrected chi connectivity index (χ0v) is 56.8. The molecule has 86 heavy (non-hydrogen) atoms. The number of amides is 4. The van der Waals surface area contributed by atoms with Gasteiger partial charge in [0.05, 0.1) is 50.7 Å². The Bertz CT molecular complexity index is 2580. The molecule has 0 bridgehead atoms. The predicted molar refractivity (Wildman–Crippen MR) is 342 cm³/mol. The molecular formula is C60H99N11O11S2Si2. The van der Waals surface area contributed by atoms with Crippen molar-refractivity contribution in [1.82, 2.24) is 40.7 Å². The lowest BCUT2D eigenvalue weighted by atomic mass is 9.90. The summed E-state index contributed by atoms with van der Waals surface area (Å²) in [4.78, 5) is 89.7. The lowest BCUT2D eigenvalue weighted by Crippen LogP contribution is -2.59. The summed E-state index contributed by atoms with van der Waals surface area (Å²) in [5, 5.41) is 26.8. The minimum atomic E-state index is -2.13. The number of phenols is 1. The Morgan fingerprint density at radius 3 is 2.26 bits per heavy atom. The van der Waals surface area contributed by atoms with E-state index in [0.29, 0.717) is 101 Å². The van der Waals surface area contributed by atoms with E-state index in [1.165, 1.54) is 11.3 Å². The highest BCUT2D eigenvalue weighted by Crippen LogP contribution is 2.31. The zero-order chi connectivity index (χ0) is 63.2. The molecule has 1 aliphatic heterocycles. The number of hydrogen-bond acceptors (Lipinski definition) is 18. The van der Waals surface area contributed by atoms with Crippen LogP contribution in [-0.4, -0.2) is 172 Å². The summed E-state index contributed by atoms with van der Waals surface area (Å²) in [6, 6.07) is 5.65. The van der Waals surface area contributed by atoms with Gasteiger partial charge in [0, 0.05) is 77.1 Å². The number of hydrogen-bond donors (Lipinski definition) is 4. The Morgan fingerprint density at radius 2 is 1.60 bits per heavy atom. The second kappa shape index (κ2) is 38.4. The van der Waals surface area contributed by atoms with Crippen molar-refractivity contribution in [2.45, 2.75) is 187 Å². The van der Waals surface area contributed by atoms with Gasteiger partial charge in [-0.15, -0.1) is 11.3 Å². The van der Waals surface area contributed by atoms with E-state index >= 15 is 0 Å². The van der Waals surface area contributed by atoms with Crippen LogP contribution >= 0.6 is 23.1 Å². The molecule has 480 valence electrons. The minimum absolute atomic E-state index is 0.0787. The van der Waals surface area contributed by atoms with E-state index in [1.807, 2.05) is 60.4 Å². The lowest BCUT2D eigenvalue weighted by Gasteiger charge is -2.39. The maximum atomic E-state index is 14.9. The topological polar surface area (TPSA) is 282 Å². The molecule has 1 saturated heterocycles. The maximum Gasteiger partial charge on any atom is 0.307 e. The number of aromatic nitrogens is 3. The number of nitrogens with one attached hydrogen (secondary N) is 3. The zero-order valence-electron chi connectivity index (χ0n) is 53.1. The standard InChI is InChI=1S/C60H99N11O11S2Si2/c1-13-18-53(73)81-40-71(59(77)54(43(5)14-2)68-57(76)51-19-15-16-26-70(51)8)52(42(3)4)34-45(7)58-67-50(39-83-58)56(75)66-48(35-46-20-22-49(72)23-21-46)33-44(6)55(74)62-24-17-32-85(9,10)82-86(11,12)41-84-60-63-36-47(37-64-60)38-80-31-30-79-29-28-78-27-25-65-69-61/h20-23,36-37,39,42-45,48,51-52,54,72H,13-19,24-35,38,40-41H2,1-12H3,(H,62,74)(H,66,75)(H,68,76)/t43?,44-,45+,48+,51+,52+,54-/m1/s1. The number of phenolic OH excluding ortho intramolecular Hbond substituents is 1. The smallest absolute Gasteiger partial charge is 0.307 e. The Labute approximate surface area is 521 Å². The SMILES string of the molecule is CCCC(=O)OCN(C(=O)[C@H](NC(=O)[C@@H]1CCCCN1C)C(C)CC)[C@@H](C[C@H](C)c1nc(C(=O)N[C@H](Cc2ccc(O)cc2)C[C@@H](C)C(=O)NCCC[Si](C)(C)O[Si](C)(C)CSc2ncc(COCCOCCOCCN=[N+]=[N-])cn2)cs1)C(C)C. The third-order valence-electron chi connectivity index (χ3n) is 15.2. The Kier molecular flexibility index (Phi) is 32.8. The van der Waals surface area contributed by atoms with E-state index in [2.05, 4.69) is 62.1 Å². The van der Waals surface area contributed by atoms with Crippen LogP contribution in [0.5, 0.6) is 5.75 Å². The molecule has 1 fully saturated rings. The number of thioether (sulfide) groups is 1. The number of likely N-dealkylation sites (tertiary alicyclic amines) is 1. The van der Waals surface area contributed by atoms with Gasteiger partial charge in [-0.3, -0.25) is 28.9 Å². The summed E-state index contributed by atoms with van der Waals surface area (Å²) in [5.41, 5.74) is 10.3. The first-order chi connectivity index (χ1) is 41.0. The number of thiazole rings is 1. The summed E-state index contributed by atoms with van der Waals surface area (Å²) in [5.74, 6) is -2.18. The molecule has 1 aromatic carbocycles. The molecule has 22 nitrogen and oxygen atoms in total. The fourth-order valence-corrected chi connectivity index (χ4v) is 21.5. The summed E-state index contributed by atoms with van der Waals surface area (Å²) >= 11 is 2.95. The first-order valence-corrected chi connectivity index (χ1v) is 38.7. The summed E-state index contributed by atoms with van der Waals surface area (Å²) in [7, 11) is -2.30. The van der Waals surface area contributed by atoms with Crippen molar-refractivity contribution in [2.75, 3.05) is 71.8 Å².